The number of ether oxygens (including phenoxy) is 2. The van der Waals surface area contributed by atoms with Crippen LogP contribution in [0, 0.1) is 23.7 Å². The molecule has 6 nitrogen and oxygen atoms in total. The predicted octanol–water partition coefficient (Wildman–Crippen LogP) is 3.55. The second-order valence-electron chi connectivity index (χ2n) is 10.6. The summed E-state index contributed by atoms with van der Waals surface area (Å²) >= 11 is 0. The van der Waals surface area contributed by atoms with Gasteiger partial charge in [0.2, 0.25) is 5.60 Å². The molecule has 1 aliphatic carbocycles. The Morgan fingerprint density at radius 1 is 1.12 bits per heavy atom. The van der Waals surface area contributed by atoms with Crippen molar-refractivity contribution < 1.29 is 23.9 Å². The lowest BCUT2D eigenvalue weighted by Crippen LogP contribution is -2.61. The van der Waals surface area contributed by atoms with Gasteiger partial charge >= 0.3 is 5.97 Å². The van der Waals surface area contributed by atoms with Crippen molar-refractivity contribution in [2.24, 2.45) is 23.7 Å². The van der Waals surface area contributed by atoms with Crippen molar-refractivity contribution in [2.45, 2.75) is 70.3 Å². The van der Waals surface area contributed by atoms with E-state index in [1.807, 2.05) is 37.3 Å². The smallest absolute Gasteiger partial charge is 0.310 e. The molecule has 2 saturated heterocycles. The molecule has 3 aliphatic heterocycles. The van der Waals surface area contributed by atoms with E-state index < -0.39 is 17.5 Å². The molecule has 1 aromatic rings. The lowest BCUT2D eigenvalue weighted by Gasteiger charge is -2.46. The van der Waals surface area contributed by atoms with Gasteiger partial charge in [0.1, 0.15) is 0 Å². The Morgan fingerprint density at radius 3 is 2.59 bits per heavy atom. The molecule has 4 aliphatic rings. The molecule has 0 aromatic heterocycles. The minimum absolute atomic E-state index is 0.00768. The van der Waals surface area contributed by atoms with Crippen LogP contribution in [0.5, 0.6) is 0 Å². The van der Waals surface area contributed by atoms with Gasteiger partial charge < -0.3 is 14.8 Å². The summed E-state index contributed by atoms with van der Waals surface area (Å²) < 4.78 is 12.5. The third kappa shape index (κ3) is 3.46. The van der Waals surface area contributed by atoms with Crippen LogP contribution in [0.25, 0.3) is 0 Å². The highest BCUT2D eigenvalue weighted by atomic mass is 16.6. The molecular weight excluding hydrogens is 430 g/mol. The second kappa shape index (κ2) is 8.19. The Bertz CT molecular complexity index is 1080. The van der Waals surface area contributed by atoms with Gasteiger partial charge in [-0.15, -0.1) is 0 Å². The molecule has 34 heavy (non-hydrogen) atoms. The summed E-state index contributed by atoms with van der Waals surface area (Å²) in [6.07, 6.45) is 6.53. The maximum absolute atomic E-state index is 13.8. The number of fused-ring (bicyclic) bond motifs is 2. The molecule has 0 bridgehead atoms. The van der Waals surface area contributed by atoms with E-state index in [1.165, 1.54) is 0 Å². The van der Waals surface area contributed by atoms with Crippen LogP contribution < -0.4 is 5.32 Å². The number of amides is 1. The molecule has 1 spiro atoms. The molecule has 6 heteroatoms. The summed E-state index contributed by atoms with van der Waals surface area (Å²) in [4.78, 5) is 39.5. The number of nitrogens with one attached hydrogen (secondary N) is 1. The second-order valence-corrected chi connectivity index (χ2v) is 10.6. The van der Waals surface area contributed by atoms with Crippen LogP contribution in [0.4, 0.5) is 0 Å². The van der Waals surface area contributed by atoms with E-state index in [0.717, 1.165) is 5.56 Å². The SMILES string of the molecule is C/C1=C/CC(=O)O[C@]23C(=O)N[C@H](Cc4ccccc4)[C@@H]2[C@H](C)[C@]2(C)O[C@@H]2[C@H]3/C=C\C[C@H](C)C1=O. The molecule has 1 amide bonds. The van der Waals surface area contributed by atoms with Gasteiger partial charge in [-0.25, -0.2) is 0 Å². The number of allylic oxidation sites excluding steroid dienone is 2. The van der Waals surface area contributed by atoms with E-state index >= 15 is 0 Å². The molecule has 8 atom stereocenters. The predicted molar refractivity (Wildman–Crippen MR) is 127 cm³/mol. The molecule has 3 fully saturated rings. The van der Waals surface area contributed by atoms with Gasteiger partial charge in [0.15, 0.2) is 5.78 Å². The first kappa shape index (κ1) is 23.0. The summed E-state index contributed by atoms with van der Waals surface area (Å²) in [7, 11) is 0. The summed E-state index contributed by atoms with van der Waals surface area (Å²) in [5, 5.41) is 3.21. The fourth-order valence-corrected chi connectivity index (χ4v) is 6.50. The molecule has 3 heterocycles. The first-order chi connectivity index (χ1) is 16.2. The molecule has 180 valence electrons. The molecule has 1 N–H and O–H groups in total. The van der Waals surface area contributed by atoms with Crippen molar-refractivity contribution in [1.82, 2.24) is 5.32 Å². The normalized spacial score (nSPS) is 44.1. The average molecular weight is 464 g/mol. The number of rotatable bonds is 2. The highest BCUT2D eigenvalue weighted by Crippen LogP contribution is 2.63. The van der Waals surface area contributed by atoms with Crippen LogP contribution in [-0.4, -0.2) is 41.0 Å². The van der Waals surface area contributed by atoms with Crippen molar-refractivity contribution in [3.8, 4) is 0 Å². The number of carbonyl (C=O) groups excluding carboxylic acids is 3. The molecule has 1 aromatic carbocycles. The van der Waals surface area contributed by atoms with Crippen molar-refractivity contribution in [2.75, 3.05) is 0 Å². The Labute approximate surface area is 200 Å². The van der Waals surface area contributed by atoms with Crippen LogP contribution in [0.15, 0.2) is 54.1 Å². The van der Waals surface area contributed by atoms with E-state index in [2.05, 4.69) is 31.3 Å². The Balaban J connectivity index is 1.58. The number of carbonyl (C=O) groups is 3. The largest absolute Gasteiger partial charge is 0.448 e. The van der Waals surface area contributed by atoms with Gasteiger partial charge in [-0.05, 0) is 43.7 Å². The molecule has 1 saturated carbocycles. The minimum Gasteiger partial charge on any atom is -0.448 e. The Morgan fingerprint density at radius 2 is 1.85 bits per heavy atom. The van der Waals surface area contributed by atoms with Gasteiger partial charge in [0, 0.05) is 17.9 Å². The third-order valence-corrected chi connectivity index (χ3v) is 8.58. The van der Waals surface area contributed by atoms with Gasteiger partial charge in [-0.1, -0.05) is 62.4 Å². The maximum atomic E-state index is 13.8. The van der Waals surface area contributed by atoms with Gasteiger partial charge in [0.05, 0.1) is 24.0 Å². The third-order valence-electron chi connectivity index (χ3n) is 8.58. The van der Waals surface area contributed by atoms with Crippen LogP contribution >= 0.6 is 0 Å². The van der Waals surface area contributed by atoms with E-state index in [1.54, 1.807) is 13.0 Å². The number of Topliss-reactive ketones (excluding diaryl/α,β-unsaturated/α-hetero) is 1. The number of epoxide rings is 1. The lowest BCUT2D eigenvalue weighted by molar-refractivity contribution is -0.181. The number of esters is 1. The van der Waals surface area contributed by atoms with Gasteiger partial charge in [-0.3, -0.25) is 14.4 Å². The highest BCUT2D eigenvalue weighted by molar-refractivity contribution is 5.97. The van der Waals surface area contributed by atoms with Gasteiger partial charge in [0.25, 0.3) is 5.91 Å². The van der Waals surface area contributed by atoms with Crippen LogP contribution in [0.1, 0.15) is 46.1 Å². The fourth-order valence-electron chi connectivity index (χ4n) is 6.50. The zero-order valence-corrected chi connectivity index (χ0v) is 20.2. The fraction of sp³-hybridized carbons (Fsp3) is 0.536. The van der Waals surface area contributed by atoms with Gasteiger partial charge in [-0.2, -0.15) is 0 Å². The van der Waals surface area contributed by atoms with E-state index in [-0.39, 0.29) is 53.6 Å². The first-order valence-corrected chi connectivity index (χ1v) is 12.3. The summed E-state index contributed by atoms with van der Waals surface area (Å²) in [6, 6.07) is 9.89. The van der Waals surface area contributed by atoms with Crippen LogP contribution in [0.2, 0.25) is 0 Å². The summed E-state index contributed by atoms with van der Waals surface area (Å²) in [6.45, 7) is 7.83. The lowest BCUT2D eigenvalue weighted by atomic mass is 9.59. The number of hydrogen-bond donors (Lipinski definition) is 1. The zero-order chi connectivity index (χ0) is 24.3. The molecular formula is C28H33NO5. The topological polar surface area (TPSA) is 85.0 Å². The first-order valence-electron chi connectivity index (χ1n) is 12.3. The van der Waals surface area contributed by atoms with Crippen LogP contribution in [0.3, 0.4) is 0 Å². The Kier molecular flexibility index (Phi) is 5.55. The average Bonchev–Trinajstić information content (AvgIpc) is 3.43. The molecule has 0 unspecified atom stereocenters. The molecule has 5 rings (SSSR count). The monoisotopic (exact) mass is 463 g/mol. The van der Waals surface area contributed by atoms with Crippen LogP contribution in [-0.2, 0) is 30.3 Å². The summed E-state index contributed by atoms with van der Waals surface area (Å²) in [5.74, 6) is -1.55. The molecule has 0 radical (unpaired) electrons. The highest BCUT2D eigenvalue weighted by Gasteiger charge is 2.78. The van der Waals surface area contributed by atoms with E-state index in [9.17, 15) is 14.4 Å². The van der Waals surface area contributed by atoms with E-state index in [4.69, 9.17) is 9.47 Å². The van der Waals surface area contributed by atoms with E-state index in [0.29, 0.717) is 18.4 Å². The Hall–Kier alpha value is -2.73. The minimum atomic E-state index is -1.33. The number of ketones is 1. The standard InChI is InChI=1S/C28H33NO5/c1-16-9-8-12-20-25-27(4,34-25)18(3)23-21(15-19-10-6-5-7-11-19)29-26(32)28(20,23)33-22(30)14-13-17(2)24(16)31/h5-8,10-13,16,18,20-21,23,25H,9,14-15H2,1-4H3,(H,29,32)/b12-8-,17-13-/t16-,18-,20+,21+,23-,25+,27-,28-/m0/s1. The van der Waals surface area contributed by atoms with Crippen molar-refractivity contribution in [3.05, 3.63) is 59.7 Å². The van der Waals surface area contributed by atoms with Crippen molar-refractivity contribution >= 4 is 17.7 Å². The van der Waals surface area contributed by atoms with Crippen molar-refractivity contribution in [3.63, 3.8) is 0 Å². The number of benzene rings is 1. The van der Waals surface area contributed by atoms with Crippen molar-refractivity contribution in [1.29, 1.82) is 0 Å². The summed E-state index contributed by atoms with van der Waals surface area (Å²) in [5.41, 5.74) is -0.0388. The maximum Gasteiger partial charge on any atom is 0.310 e. The zero-order valence-electron chi connectivity index (χ0n) is 20.2. The number of hydrogen-bond acceptors (Lipinski definition) is 5. The quantitative estimate of drug-likeness (QED) is 0.412.